The van der Waals surface area contributed by atoms with E-state index < -0.39 is 0 Å². The van der Waals surface area contributed by atoms with Gasteiger partial charge < -0.3 is 10.2 Å². The molecule has 0 aliphatic carbocycles. The van der Waals surface area contributed by atoms with Gasteiger partial charge in [0, 0.05) is 26.4 Å². The summed E-state index contributed by atoms with van der Waals surface area (Å²) in [4.78, 5) is 28.3. The summed E-state index contributed by atoms with van der Waals surface area (Å²) in [6.45, 7) is 5.19. The van der Waals surface area contributed by atoms with E-state index in [0.717, 1.165) is 38.3 Å². The first-order valence-corrected chi connectivity index (χ1v) is 8.08. The molecule has 2 aliphatic rings. The monoisotopic (exact) mass is 301 g/mol. The van der Waals surface area contributed by atoms with E-state index in [4.69, 9.17) is 0 Å². The molecule has 22 heavy (non-hydrogen) atoms. The fraction of sp³-hybridized carbons (Fsp3) is 0.529. The zero-order chi connectivity index (χ0) is 15.5. The van der Waals surface area contributed by atoms with Crippen LogP contribution in [0.5, 0.6) is 0 Å². The largest absolute Gasteiger partial charge is 0.383 e. The van der Waals surface area contributed by atoms with Crippen molar-refractivity contribution in [2.24, 2.45) is 0 Å². The van der Waals surface area contributed by atoms with E-state index in [0.29, 0.717) is 12.1 Å². The highest BCUT2D eigenvalue weighted by Gasteiger charge is 2.26. The Morgan fingerprint density at radius 3 is 2.77 bits per heavy atom. The average molecular weight is 301 g/mol. The number of anilines is 2. The van der Waals surface area contributed by atoms with Crippen molar-refractivity contribution in [3.63, 3.8) is 0 Å². The molecule has 2 aliphatic heterocycles. The van der Waals surface area contributed by atoms with Crippen molar-refractivity contribution in [3.05, 3.63) is 23.8 Å². The maximum Gasteiger partial charge on any atom is 0.235 e. The zero-order valence-corrected chi connectivity index (χ0v) is 13.1. The second-order valence-corrected chi connectivity index (χ2v) is 6.03. The second kappa shape index (κ2) is 6.48. The SMILES string of the molecule is CC(=O)N(C(=O)CCN1CCCC1)c1cccc2c1NCC2. The maximum absolute atomic E-state index is 12.6. The number of carbonyl (C=O) groups excluding carboxylic acids is 2. The van der Waals surface area contributed by atoms with Crippen LogP contribution in [0.3, 0.4) is 0 Å². The number of hydrogen-bond acceptors (Lipinski definition) is 4. The van der Waals surface area contributed by atoms with Crippen LogP contribution in [0.2, 0.25) is 0 Å². The molecule has 0 atom stereocenters. The minimum Gasteiger partial charge on any atom is -0.383 e. The molecule has 1 aromatic carbocycles. The lowest BCUT2D eigenvalue weighted by Gasteiger charge is -2.23. The van der Waals surface area contributed by atoms with E-state index in [2.05, 4.69) is 10.2 Å². The molecule has 1 aromatic rings. The Morgan fingerprint density at radius 1 is 1.27 bits per heavy atom. The van der Waals surface area contributed by atoms with E-state index in [-0.39, 0.29) is 11.8 Å². The van der Waals surface area contributed by atoms with Gasteiger partial charge in [0.25, 0.3) is 0 Å². The van der Waals surface area contributed by atoms with Crippen LogP contribution in [0.4, 0.5) is 11.4 Å². The van der Waals surface area contributed by atoms with E-state index >= 15 is 0 Å². The Morgan fingerprint density at radius 2 is 2.05 bits per heavy atom. The molecule has 2 heterocycles. The van der Waals surface area contributed by atoms with Crippen molar-refractivity contribution in [1.82, 2.24) is 4.90 Å². The molecular weight excluding hydrogens is 278 g/mol. The van der Waals surface area contributed by atoms with Crippen molar-refractivity contribution in [1.29, 1.82) is 0 Å². The molecule has 0 saturated carbocycles. The Balaban J connectivity index is 1.76. The zero-order valence-electron chi connectivity index (χ0n) is 13.1. The summed E-state index contributed by atoms with van der Waals surface area (Å²) in [7, 11) is 0. The molecule has 2 amide bonds. The molecule has 3 rings (SSSR count). The maximum atomic E-state index is 12.6. The number of fused-ring (bicyclic) bond motifs is 1. The number of nitrogens with zero attached hydrogens (tertiary/aromatic N) is 2. The Hall–Kier alpha value is -1.88. The van der Waals surface area contributed by atoms with Crippen molar-refractivity contribution >= 4 is 23.2 Å². The molecule has 1 fully saturated rings. The Kier molecular flexibility index (Phi) is 4.43. The van der Waals surface area contributed by atoms with Crippen LogP contribution < -0.4 is 10.2 Å². The highest BCUT2D eigenvalue weighted by molar-refractivity contribution is 6.16. The van der Waals surface area contributed by atoms with Crippen LogP contribution >= 0.6 is 0 Å². The fourth-order valence-corrected chi connectivity index (χ4v) is 3.36. The first-order valence-electron chi connectivity index (χ1n) is 8.08. The second-order valence-electron chi connectivity index (χ2n) is 6.03. The van der Waals surface area contributed by atoms with Gasteiger partial charge in [0.15, 0.2) is 0 Å². The Labute approximate surface area is 131 Å². The summed E-state index contributed by atoms with van der Waals surface area (Å²) in [5.74, 6) is -0.324. The van der Waals surface area contributed by atoms with Gasteiger partial charge in [-0.25, -0.2) is 4.90 Å². The molecule has 1 N–H and O–H groups in total. The third-order valence-corrected chi connectivity index (χ3v) is 4.47. The van der Waals surface area contributed by atoms with Crippen molar-refractivity contribution in [2.45, 2.75) is 32.6 Å². The van der Waals surface area contributed by atoms with Gasteiger partial charge >= 0.3 is 0 Å². The normalized spacial score (nSPS) is 17.1. The van der Waals surface area contributed by atoms with Gasteiger partial charge in [-0.05, 0) is 44.0 Å². The summed E-state index contributed by atoms with van der Waals surface area (Å²) in [6, 6.07) is 5.82. The number of rotatable bonds is 4. The molecule has 5 heteroatoms. The van der Waals surface area contributed by atoms with E-state index in [9.17, 15) is 9.59 Å². The molecule has 0 radical (unpaired) electrons. The predicted molar refractivity (Wildman–Crippen MR) is 87.1 cm³/mol. The predicted octanol–water partition coefficient (Wildman–Crippen LogP) is 2.02. The first-order chi connectivity index (χ1) is 10.7. The molecule has 118 valence electrons. The minimum atomic E-state index is -0.214. The van der Waals surface area contributed by atoms with Gasteiger partial charge in [0.1, 0.15) is 0 Å². The minimum absolute atomic E-state index is 0.110. The summed E-state index contributed by atoms with van der Waals surface area (Å²) in [5, 5.41) is 3.30. The molecule has 0 spiro atoms. The third kappa shape index (κ3) is 2.99. The number of imide groups is 1. The fourth-order valence-electron chi connectivity index (χ4n) is 3.36. The summed E-state index contributed by atoms with van der Waals surface area (Å²) in [6.07, 6.45) is 3.75. The topological polar surface area (TPSA) is 52.7 Å². The molecule has 0 unspecified atom stereocenters. The molecular formula is C17H23N3O2. The van der Waals surface area contributed by atoms with E-state index in [1.807, 2.05) is 18.2 Å². The van der Waals surface area contributed by atoms with E-state index in [1.54, 1.807) is 0 Å². The number of para-hydroxylation sites is 1. The summed E-state index contributed by atoms with van der Waals surface area (Å²) in [5.41, 5.74) is 2.82. The number of carbonyl (C=O) groups is 2. The third-order valence-electron chi connectivity index (χ3n) is 4.47. The summed E-state index contributed by atoms with van der Waals surface area (Å²) < 4.78 is 0. The molecule has 0 bridgehead atoms. The number of hydrogen-bond donors (Lipinski definition) is 1. The first kappa shape index (κ1) is 15.0. The van der Waals surface area contributed by atoms with Crippen LogP contribution in [0.15, 0.2) is 18.2 Å². The number of benzene rings is 1. The van der Waals surface area contributed by atoms with Crippen LogP contribution in [0.25, 0.3) is 0 Å². The standard InChI is InChI=1S/C17H23N3O2/c1-13(21)20(16(22)8-12-19-10-2-3-11-19)15-6-4-5-14-7-9-18-17(14)15/h4-6,18H,2-3,7-12H2,1H3. The van der Waals surface area contributed by atoms with Crippen LogP contribution in [0, 0.1) is 0 Å². The van der Waals surface area contributed by atoms with Crippen LogP contribution in [-0.2, 0) is 16.0 Å². The van der Waals surface area contributed by atoms with Crippen LogP contribution in [0.1, 0.15) is 31.7 Å². The van der Waals surface area contributed by atoms with Gasteiger partial charge in [0.2, 0.25) is 11.8 Å². The molecule has 5 nitrogen and oxygen atoms in total. The highest BCUT2D eigenvalue weighted by Crippen LogP contribution is 2.33. The van der Waals surface area contributed by atoms with Gasteiger partial charge in [-0.2, -0.15) is 0 Å². The lowest BCUT2D eigenvalue weighted by molar-refractivity contribution is -0.125. The number of amides is 2. The van der Waals surface area contributed by atoms with E-state index in [1.165, 1.54) is 30.2 Å². The molecule has 0 aromatic heterocycles. The molecule has 1 saturated heterocycles. The smallest absolute Gasteiger partial charge is 0.235 e. The lowest BCUT2D eigenvalue weighted by Crippen LogP contribution is -2.37. The average Bonchev–Trinajstić information content (AvgIpc) is 3.16. The quantitative estimate of drug-likeness (QED) is 0.924. The van der Waals surface area contributed by atoms with Crippen molar-refractivity contribution in [2.75, 3.05) is 36.4 Å². The van der Waals surface area contributed by atoms with Crippen molar-refractivity contribution in [3.8, 4) is 0 Å². The van der Waals surface area contributed by atoms with Gasteiger partial charge in [-0.1, -0.05) is 12.1 Å². The number of likely N-dealkylation sites (tertiary alicyclic amines) is 1. The van der Waals surface area contributed by atoms with Gasteiger partial charge in [-0.15, -0.1) is 0 Å². The summed E-state index contributed by atoms with van der Waals surface area (Å²) >= 11 is 0. The number of nitrogens with one attached hydrogen (secondary N) is 1. The lowest BCUT2D eigenvalue weighted by atomic mass is 10.1. The van der Waals surface area contributed by atoms with Gasteiger partial charge in [-0.3, -0.25) is 9.59 Å². The van der Waals surface area contributed by atoms with Gasteiger partial charge in [0.05, 0.1) is 11.4 Å². The highest BCUT2D eigenvalue weighted by atomic mass is 16.2. The Bertz CT molecular complexity index is 579. The van der Waals surface area contributed by atoms with Crippen molar-refractivity contribution < 1.29 is 9.59 Å². The van der Waals surface area contributed by atoms with Crippen LogP contribution in [-0.4, -0.2) is 42.9 Å².